The second-order valence-electron chi connectivity index (χ2n) is 4.33. The standard InChI is InChI=1S/C12H18N2O/c1-9-8-14(10(2)7-13-9)11-4-3-5-12(15)6-11/h3-6,9-10,13,15H,7-8H2,1-2H3/t9-,10-/m0/s1. The largest absolute Gasteiger partial charge is 0.508 e. The van der Waals surface area contributed by atoms with Crippen LogP contribution in [0.4, 0.5) is 5.69 Å². The third-order valence-electron chi connectivity index (χ3n) is 2.93. The van der Waals surface area contributed by atoms with Crippen molar-refractivity contribution in [1.82, 2.24) is 5.32 Å². The first-order chi connectivity index (χ1) is 7.16. The van der Waals surface area contributed by atoms with Gasteiger partial charge in [-0.1, -0.05) is 6.07 Å². The number of anilines is 1. The molecule has 0 saturated carbocycles. The Hall–Kier alpha value is -1.22. The van der Waals surface area contributed by atoms with Crippen molar-refractivity contribution in [2.75, 3.05) is 18.0 Å². The summed E-state index contributed by atoms with van der Waals surface area (Å²) in [6.45, 7) is 6.37. The Morgan fingerprint density at radius 3 is 2.93 bits per heavy atom. The highest BCUT2D eigenvalue weighted by atomic mass is 16.3. The molecular formula is C12H18N2O. The number of nitrogens with one attached hydrogen (secondary N) is 1. The van der Waals surface area contributed by atoms with Crippen LogP contribution in [0.25, 0.3) is 0 Å². The number of hydrogen-bond donors (Lipinski definition) is 2. The summed E-state index contributed by atoms with van der Waals surface area (Å²) >= 11 is 0. The fourth-order valence-corrected chi connectivity index (χ4v) is 2.05. The van der Waals surface area contributed by atoms with Crippen molar-refractivity contribution < 1.29 is 5.11 Å². The van der Waals surface area contributed by atoms with Gasteiger partial charge in [0.1, 0.15) is 5.75 Å². The lowest BCUT2D eigenvalue weighted by molar-refractivity contribution is 0.424. The molecule has 3 nitrogen and oxygen atoms in total. The van der Waals surface area contributed by atoms with Crippen LogP contribution in [-0.2, 0) is 0 Å². The first kappa shape index (κ1) is 10.3. The minimum Gasteiger partial charge on any atom is -0.508 e. The van der Waals surface area contributed by atoms with Gasteiger partial charge in [-0.05, 0) is 26.0 Å². The average Bonchev–Trinajstić information content (AvgIpc) is 2.22. The van der Waals surface area contributed by atoms with Crippen LogP contribution in [0.5, 0.6) is 5.75 Å². The van der Waals surface area contributed by atoms with E-state index in [1.807, 2.05) is 18.2 Å². The lowest BCUT2D eigenvalue weighted by Crippen LogP contribution is -2.54. The Bertz CT molecular complexity index is 340. The molecule has 3 heteroatoms. The normalized spacial score (nSPS) is 26.7. The van der Waals surface area contributed by atoms with Crippen molar-refractivity contribution in [3.05, 3.63) is 24.3 Å². The fraction of sp³-hybridized carbons (Fsp3) is 0.500. The van der Waals surface area contributed by atoms with Crippen LogP contribution in [0.3, 0.4) is 0 Å². The van der Waals surface area contributed by atoms with Crippen molar-refractivity contribution in [2.24, 2.45) is 0 Å². The number of phenolic OH excluding ortho intramolecular Hbond substituents is 1. The number of hydrogen-bond acceptors (Lipinski definition) is 3. The van der Waals surface area contributed by atoms with Gasteiger partial charge < -0.3 is 15.3 Å². The topological polar surface area (TPSA) is 35.5 Å². The molecule has 0 radical (unpaired) electrons. The molecule has 0 aromatic heterocycles. The molecule has 82 valence electrons. The lowest BCUT2D eigenvalue weighted by atomic mass is 10.1. The highest BCUT2D eigenvalue weighted by Gasteiger charge is 2.22. The zero-order valence-electron chi connectivity index (χ0n) is 9.27. The van der Waals surface area contributed by atoms with Crippen molar-refractivity contribution >= 4 is 5.69 Å². The van der Waals surface area contributed by atoms with Gasteiger partial charge in [-0.15, -0.1) is 0 Å². The van der Waals surface area contributed by atoms with Gasteiger partial charge >= 0.3 is 0 Å². The number of aromatic hydroxyl groups is 1. The van der Waals surface area contributed by atoms with Crippen LogP contribution < -0.4 is 10.2 Å². The summed E-state index contributed by atoms with van der Waals surface area (Å²) in [4.78, 5) is 2.33. The second kappa shape index (κ2) is 4.11. The first-order valence-corrected chi connectivity index (χ1v) is 5.46. The number of phenols is 1. The van der Waals surface area contributed by atoms with Crippen LogP contribution in [0, 0.1) is 0 Å². The smallest absolute Gasteiger partial charge is 0.117 e. The van der Waals surface area contributed by atoms with Gasteiger partial charge in [-0.25, -0.2) is 0 Å². The van der Waals surface area contributed by atoms with E-state index in [-0.39, 0.29) is 0 Å². The molecule has 1 aliphatic rings. The summed E-state index contributed by atoms with van der Waals surface area (Å²) in [6.07, 6.45) is 0. The average molecular weight is 206 g/mol. The molecule has 1 saturated heterocycles. The van der Waals surface area contributed by atoms with Crippen LogP contribution in [0.15, 0.2) is 24.3 Å². The summed E-state index contributed by atoms with van der Waals surface area (Å²) in [7, 11) is 0. The molecule has 0 spiro atoms. The quantitative estimate of drug-likeness (QED) is 0.732. The molecule has 1 fully saturated rings. The number of benzene rings is 1. The van der Waals surface area contributed by atoms with E-state index in [1.165, 1.54) is 0 Å². The molecule has 2 atom stereocenters. The molecule has 15 heavy (non-hydrogen) atoms. The Labute approximate surface area is 90.7 Å². The molecule has 1 heterocycles. The zero-order valence-corrected chi connectivity index (χ0v) is 9.27. The number of piperazine rings is 1. The van der Waals surface area contributed by atoms with Crippen molar-refractivity contribution in [3.63, 3.8) is 0 Å². The SMILES string of the molecule is C[C@H]1CN(c2cccc(O)c2)[C@@H](C)CN1. The molecule has 0 bridgehead atoms. The van der Waals surface area contributed by atoms with E-state index in [2.05, 4.69) is 24.1 Å². The second-order valence-corrected chi connectivity index (χ2v) is 4.33. The van der Waals surface area contributed by atoms with E-state index in [0.29, 0.717) is 17.8 Å². The molecule has 1 aromatic rings. The molecule has 2 rings (SSSR count). The summed E-state index contributed by atoms with van der Waals surface area (Å²) in [5.74, 6) is 0.339. The molecular weight excluding hydrogens is 188 g/mol. The Balaban J connectivity index is 2.21. The van der Waals surface area contributed by atoms with Crippen LogP contribution in [0.1, 0.15) is 13.8 Å². The monoisotopic (exact) mass is 206 g/mol. The van der Waals surface area contributed by atoms with Crippen molar-refractivity contribution in [1.29, 1.82) is 0 Å². The fourth-order valence-electron chi connectivity index (χ4n) is 2.05. The zero-order chi connectivity index (χ0) is 10.8. The highest BCUT2D eigenvalue weighted by Crippen LogP contribution is 2.23. The van der Waals surface area contributed by atoms with Gasteiger partial charge in [0.05, 0.1) is 0 Å². The lowest BCUT2D eigenvalue weighted by Gasteiger charge is -2.39. The van der Waals surface area contributed by atoms with Crippen LogP contribution in [-0.4, -0.2) is 30.3 Å². The van der Waals surface area contributed by atoms with Crippen LogP contribution in [0.2, 0.25) is 0 Å². The predicted molar refractivity (Wildman–Crippen MR) is 62.4 cm³/mol. The van der Waals surface area contributed by atoms with E-state index < -0.39 is 0 Å². The summed E-state index contributed by atoms with van der Waals surface area (Å²) < 4.78 is 0. The van der Waals surface area contributed by atoms with Gasteiger partial charge in [0.15, 0.2) is 0 Å². The third kappa shape index (κ3) is 2.23. The van der Waals surface area contributed by atoms with Crippen molar-refractivity contribution in [2.45, 2.75) is 25.9 Å². The molecule has 1 aliphatic heterocycles. The third-order valence-corrected chi connectivity index (χ3v) is 2.93. The molecule has 0 amide bonds. The Morgan fingerprint density at radius 1 is 1.40 bits per heavy atom. The minimum atomic E-state index is 0.339. The van der Waals surface area contributed by atoms with Gasteiger partial charge in [0, 0.05) is 36.9 Å². The van der Waals surface area contributed by atoms with Gasteiger partial charge in [-0.3, -0.25) is 0 Å². The molecule has 0 aliphatic carbocycles. The Morgan fingerprint density at radius 2 is 2.20 bits per heavy atom. The van der Waals surface area contributed by atoms with Crippen molar-refractivity contribution in [3.8, 4) is 5.75 Å². The van der Waals surface area contributed by atoms with Gasteiger partial charge in [0.2, 0.25) is 0 Å². The Kier molecular flexibility index (Phi) is 2.82. The van der Waals surface area contributed by atoms with Gasteiger partial charge in [0.25, 0.3) is 0 Å². The van der Waals surface area contributed by atoms with E-state index in [4.69, 9.17) is 0 Å². The predicted octanol–water partition coefficient (Wildman–Crippen LogP) is 1.58. The first-order valence-electron chi connectivity index (χ1n) is 5.46. The summed E-state index contributed by atoms with van der Waals surface area (Å²) in [6, 6.07) is 8.46. The van der Waals surface area contributed by atoms with E-state index in [0.717, 1.165) is 18.8 Å². The molecule has 1 aromatic carbocycles. The maximum Gasteiger partial charge on any atom is 0.117 e. The van der Waals surface area contributed by atoms with E-state index in [1.54, 1.807) is 6.07 Å². The molecule has 0 unspecified atom stereocenters. The maximum absolute atomic E-state index is 9.45. The highest BCUT2D eigenvalue weighted by molar-refractivity contribution is 5.51. The number of nitrogens with zero attached hydrogens (tertiary/aromatic N) is 1. The van der Waals surface area contributed by atoms with E-state index >= 15 is 0 Å². The number of rotatable bonds is 1. The minimum absolute atomic E-state index is 0.339. The summed E-state index contributed by atoms with van der Waals surface area (Å²) in [5, 5.41) is 12.9. The molecule has 2 N–H and O–H groups in total. The van der Waals surface area contributed by atoms with Gasteiger partial charge in [-0.2, -0.15) is 0 Å². The maximum atomic E-state index is 9.45. The van der Waals surface area contributed by atoms with E-state index in [9.17, 15) is 5.11 Å². The van der Waals surface area contributed by atoms with Crippen LogP contribution >= 0.6 is 0 Å². The summed E-state index contributed by atoms with van der Waals surface area (Å²) in [5.41, 5.74) is 1.11.